The molecule has 0 spiro atoms. The number of unbranched alkanes of at least 4 members (excludes halogenated alkanes) is 1. The summed E-state index contributed by atoms with van der Waals surface area (Å²) in [7, 11) is 0. The van der Waals surface area contributed by atoms with Crippen molar-refractivity contribution in [1.82, 2.24) is 14.9 Å². The Balaban J connectivity index is 1.29. The summed E-state index contributed by atoms with van der Waals surface area (Å²) in [6.07, 6.45) is 6.86. The number of aromatic nitrogens is 2. The minimum absolute atomic E-state index is 0.00259. The average Bonchev–Trinajstić information content (AvgIpc) is 3.70. The molecular weight excluding hydrogens is 917 g/mol. The highest BCUT2D eigenvalue weighted by Gasteiger charge is 2.28. The van der Waals surface area contributed by atoms with Crippen LogP contribution in [0.2, 0.25) is 0 Å². The molecule has 0 bridgehead atoms. The van der Waals surface area contributed by atoms with Crippen molar-refractivity contribution in [3.05, 3.63) is 17.2 Å². The lowest BCUT2D eigenvalue weighted by Gasteiger charge is -2.30. The second-order valence-electron chi connectivity index (χ2n) is 16.8. The molecule has 1 aliphatic rings. The van der Waals surface area contributed by atoms with Gasteiger partial charge in [-0.2, -0.15) is 0 Å². The fourth-order valence-electron chi connectivity index (χ4n) is 7.00. The fourth-order valence-corrected chi connectivity index (χ4v) is 7.00. The molecule has 1 fully saturated rings. The van der Waals surface area contributed by atoms with Crippen molar-refractivity contribution in [2.75, 3.05) is 165 Å². The van der Waals surface area contributed by atoms with E-state index in [-0.39, 0.29) is 36.8 Å². The first-order valence-electron chi connectivity index (χ1n) is 25.2. The molecule has 2 rings (SSSR count). The van der Waals surface area contributed by atoms with Gasteiger partial charge in [-0.3, -0.25) is 20.4 Å². The molecule has 0 radical (unpaired) electrons. The third-order valence-electron chi connectivity index (χ3n) is 10.6. The Bertz CT molecular complexity index is 1480. The van der Waals surface area contributed by atoms with Gasteiger partial charge in [0.05, 0.1) is 171 Å². The summed E-state index contributed by atoms with van der Waals surface area (Å²) in [5, 5.41) is 28.4. The standard InChI is InChI=1S/C48H88N6O16/c1-4-5-6-42-53-45(47(49)50)46(48(51)70-39(2)3)54(42)38-41-9-7-40(8-10-41)37-52-43(55)11-13-58-15-17-60-19-21-62-23-25-64-27-29-66-31-33-68-35-36-69-34-32-67-30-28-65-26-24-63-22-20-61-18-16-59-14-12-44(56)57/h39-41,51H,4-38H2,1-3H3,(H3,49,50)(H,52,55)(H,56,57). The first-order chi connectivity index (χ1) is 34.1. The van der Waals surface area contributed by atoms with Crippen LogP contribution in [0.4, 0.5) is 0 Å². The zero-order valence-electron chi connectivity index (χ0n) is 42.5. The smallest absolute Gasteiger partial charge is 0.305 e. The van der Waals surface area contributed by atoms with Crippen LogP contribution in [0.1, 0.15) is 89.4 Å². The van der Waals surface area contributed by atoms with E-state index < -0.39 is 5.97 Å². The van der Waals surface area contributed by atoms with Crippen LogP contribution < -0.4 is 11.1 Å². The number of hydrogen-bond acceptors (Lipinski definition) is 18. The molecule has 0 atom stereocenters. The van der Waals surface area contributed by atoms with Crippen LogP contribution in [0, 0.1) is 22.7 Å². The van der Waals surface area contributed by atoms with Gasteiger partial charge >= 0.3 is 5.97 Å². The van der Waals surface area contributed by atoms with E-state index in [0.717, 1.165) is 50.8 Å². The van der Waals surface area contributed by atoms with Gasteiger partial charge in [0.2, 0.25) is 11.8 Å². The highest BCUT2D eigenvalue weighted by atomic mass is 16.6. The number of hydrogen-bond donors (Lipinski definition) is 5. The lowest BCUT2D eigenvalue weighted by molar-refractivity contribution is -0.138. The second kappa shape index (κ2) is 43.2. The largest absolute Gasteiger partial charge is 0.481 e. The number of amides is 1. The summed E-state index contributed by atoms with van der Waals surface area (Å²) in [5.41, 5.74) is 6.74. The number of nitrogen functional groups attached to an aromatic ring is 1. The molecule has 1 heterocycles. The Hall–Kier alpha value is -3.39. The molecule has 1 saturated carbocycles. The lowest BCUT2D eigenvalue weighted by atomic mass is 9.82. The van der Waals surface area contributed by atoms with Crippen LogP contribution in [-0.2, 0) is 84.1 Å². The first kappa shape index (κ1) is 62.7. The maximum Gasteiger partial charge on any atom is 0.305 e. The third kappa shape index (κ3) is 33.3. The normalized spacial score (nSPS) is 14.9. The number of imidazole rings is 1. The van der Waals surface area contributed by atoms with Crippen LogP contribution in [0.5, 0.6) is 0 Å². The number of carboxylic acid groups (broad SMARTS) is 1. The molecule has 406 valence electrons. The van der Waals surface area contributed by atoms with E-state index in [1.54, 1.807) is 0 Å². The number of aryl methyl sites for hydroxylation is 1. The topological polar surface area (TPSA) is 278 Å². The molecule has 1 aliphatic carbocycles. The Morgan fingerprint density at radius 3 is 1.31 bits per heavy atom. The van der Waals surface area contributed by atoms with Crippen molar-refractivity contribution >= 4 is 23.6 Å². The van der Waals surface area contributed by atoms with Crippen LogP contribution in [0.3, 0.4) is 0 Å². The summed E-state index contributed by atoms with van der Waals surface area (Å²) >= 11 is 0. The molecule has 1 amide bonds. The molecule has 22 heteroatoms. The number of aliphatic carboxylic acids is 1. The number of nitrogens with zero attached hydrogens (tertiary/aromatic N) is 2. The minimum Gasteiger partial charge on any atom is -0.481 e. The molecule has 6 N–H and O–H groups in total. The third-order valence-corrected chi connectivity index (χ3v) is 10.6. The predicted octanol–water partition coefficient (Wildman–Crippen LogP) is 3.25. The predicted molar refractivity (Wildman–Crippen MR) is 260 cm³/mol. The van der Waals surface area contributed by atoms with Gasteiger partial charge in [-0.15, -0.1) is 0 Å². The molecule has 0 aliphatic heterocycles. The van der Waals surface area contributed by atoms with Gasteiger partial charge in [-0.1, -0.05) is 13.3 Å². The zero-order chi connectivity index (χ0) is 50.7. The fraction of sp³-hybridized carbons (Fsp3) is 0.854. The summed E-state index contributed by atoms with van der Waals surface area (Å²) in [4.78, 5) is 27.6. The van der Waals surface area contributed by atoms with E-state index in [1.807, 2.05) is 13.8 Å². The van der Waals surface area contributed by atoms with Crippen LogP contribution in [-0.4, -0.2) is 209 Å². The van der Waals surface area contributed by atoms with Crippen LogP contribution in [0.25, 0.3) is 0 Å². The van der Waals surface area contributed by atoms with Crippen molar-refractivity contribution in [3.63, 3.8) is 0 Å². The SMILES string of the molecule is CCCCc1nc(C(=N)N)c(C(=N)OC(C)C)n1CC1CCC(CNC(=O)CCOCCOCCOCCOCCOCCOCCOCCOCCOCCOCCOCCOCCC(=O)O)CC1. The van der Waals surface area contributed by atoms with Gasteiger partial charge in [0, 0.05) is 25.9 Å². The van der Waals surface area contributed by atoms with Crippen molar-refractivity contribution in [2.24, 2.45) is 17.6 Å². The number of carboxylic acids is 1. The molecule has 0 unspecified atom stereocenters. The Morgan fingerprint density at radius 2 is 0.971 bits per heavy atom. The number of nitrogens with one attached hydrogen (secondary N) is 3. The molecule has 0 saturated heterocycles. The monoisotopic (exact) mass is 1000 g/mol. The molecule has 22 nitrogen and oxygen atoms in total. The van der Waals surface area contributed by atoms with E-state index in [4.69, 9.17) is 88.2 Å². The van der Waals surface area contributed by atoms with Crippen LogP contribution >= 0.6 is 0 Å². The number of carbonyl (C=O) groups is 2. The number of nitrogens with two attached hydrogens (primary N) is 1. The van der Waals surface area contributed by atoms with Gasteiger partial charge in [-0.25, -0.2) is 4.98 Å². The van der Waals surface area contributed by atoms with Crippen molar-refractivity contribution in [3.8, 4) is 0 Å². The Kier molecular flexibility index (Phi) is 38.7. The number of carbonyl (C=O) groups excluding carboxylic acids is 1. The number of rotatable bonds is 49. The highest BCUT2D eigenvalue weighted by Crippen LogP contribution is 2.31. The first-order valence-corrected chi connectivity index (χ1v) is 25.2. The minimum atomic E-state index is -0.881. The van der Waals surface area contributed by atoms with Crippen molar-refractivity contribution < 1.29 is 76.3 Å². The zero-order valence-corrected chi connectivity index (χ0v) is 42.5. The summed E-state index contributed by atoms with van der Waals surface area (Å²) in [5.74, 6) is 0.614. The van der Waals surface area contributed by atoms with E-state index in [0.29, 0.717) is 195 Å². The van der Waals surface area contributed by atoms with E-state index in [9.17, 15) is 9.59 Å². The maximum absolute atomic E-state index is 12.5. The Labute approximate surface area is 415 Å². The van der Waals surface area contributed by atoms with Crippen LogP contribution in [0.15, 0.2) is 0 Å². The van der Waals surface area contributed by atoms with Crippen molar-refractivity contribution in [1.29, 1.82) is 10.8 Å². The second-order valence-corrected chi connectivity index (χ2v) is 16.8. The summed E-state index contributed by atoms with van der Waals surface area (Å²) < 4.78 is 73.3. The number of amidine groups is 1. The van der Waals surface area contributed by atoms with Gasteiger partial charge < -0.3 is 82.3 Å². The molecule has 1 aromatic heterocycles. The molecular formula is C48H88N6O16. The van der Waals surface area contributed by atoms with E-state index in [1.165, 1.54) is 0 Å². The summed E-state index contributed by atoms with van der Waals surface area (Å²) in [6.45, 7) is 17.7. The van der Waals surface area contributed by atoms with Gasteiger partial charge in [0.25, 0.3) is 0 Å². The van der Waals surface area contributed by atoms with Gasteiger partial charge in [-0.05, 0) is 57.8 Å². The molecule has 0 aromatic carbocycles. The quantitative estimate of drug-likeness (QED) is 0.0356. The maximum atomic E-state index is 12.5. The van der Waals surface area contributed by atoms with E-state index >= 15 is 0 Å². The number of ether oxygens (including phenoxy) is 13. The average molecular weight is 1010 g/mol. The molecule has 1 aromatic rings. The summed E-state index contributed by atoms with van der Waals surface area (Å²) in [6, 6.07) is 0. The van der Waals surface area contributed by atoms with Gasteiger partial charge in [0.15, 0.2) is 0 Å². The molecule has 70 heavy (non-hydrogen) atoms. The van der Waals surface area contributed by atoms with Gasteiger partial charge in [0.1, 0.15) is 23.0 Å². The Morgan fingerprint density at radius 1 is 0.614 bits per heavy atom. The highest BCUT2D eigenvalue weighted by molar-refractivity contribution is 6.04. The van der Waals surface area contributed by atoms with Crippen molar-refractivity contribution in [2.45, 2.75) is 91.2 Å². The van der Waals surface area contributed by atoms with E-state index in [2.05, 4.69) is 16.8 Å². The lowest BCUT2D eigenvalue weighted by Crippen LogP contribution is -2.32.